The van der Waals surface area contributed by atoms with Gasteiger partial charge in [0.2, 0.25) is 0 Å². The molecule has 47 heavy (non-hydrogen) atoms. The number of pyridine rings is 2. The molecule has 0 N–H and O–H groups in total. The second-order valence-corrected chi connectivity index (χ2v) is 17.5. The first-order chi connectivity index (χ1) is 21.4. The maximum Gasteiger partial charge on any atom is 0.340 e. The minimum Gasteiger partial charge on any atom is -0.460 e. The number of fused-ring (bicyclic) bond motifs is 1. The Kier molecular flexibility index (Phi) is 9.30. The van der Waals surface area contributed by atoms with Gasteiger partial charge in [0, 0.05) is 24.0 Å². The van der Waals surface area contributed by atoms with Gasteiger partial charge in [-0.05, 0) is 86.6 Å². The van der Waals surface area contributed by atoms with Crippen LogP contribution in [0.3, 0.4) is 0 Å². The Labute approximate surface area is 273 Å². The SMILES string of the molecule is CC(C)(C)OC(=O)CC1=N[C@](C)(c2nc(CC(=O)c3ccc(C(=O)OC(C)(C)C)cn3)ccc2F)[C@H]2CC(F)(F)CN=[S@]2(=O)C1(C)C. The summed E-state index contributed by atoms with van der Waals surface area (Å²) < 4.78 is 73.6. The van der Waals surface area contributed by atoms with E-state index >= 15 is 4.39 Å². The van der Waals surface area contributed by atoms with Crippen molar-refractivity contribution < 1.29 is 41.2 Å². The summed E-state index contributed by atoms with van der Waals surface area (Å²) in [5, 5.41) is -1.48. The monoisotopic (exact) mass is 678 g/mol. The molecule has 2 aliphatic heterocycles. The minimum atomic E-state index is -3.61. The molecule has 256 valence electrons. The molecular weight excluding hydrogens is 637 g/mol. The molecule has 2 aromatic rings. The van der Waals surface area contributed by atoms with E-state index in [1.165, 1.54) is 45.2 Å². The third kappa shape index (κ3) is 7.57. The van der Waals surface area contributed by atoms with Crippen LogP contribution in [0.4, 0.5) is 13.2 Å². The number of halogens is 3. The molecule has 0 fully saturated rings. The highest BCUT2D eigenvalue weighted by Crippen LogP contribution is 2.50. The smallest absolute Gasteiger partial charge is 0.340 e. The van der Waals surface area contributed by atoms with Gasteiger partial charge < -0.3 is 9.47 Å². The second-order valence-electron chi connectivity index (χ2n) is 14.6. The third-order valence-corrected chi connectivity index (χ3v) is 11.5. The number of hydrogen-bond acceptors (Lipinski definition) is 10. The van der Waals surface area contributed by atoms with E-state index in [1.54, 1.807) is 41.5 Å². The Hall–Kier alpha value is -3.68. The van der Waals surface area contributed by atoms with E-state index in [1.807, 2.05) is 0 Å². The predicted octanol–water partition coefficient (Wildman–Crippen LogP) is 6.05. The molecule has 4 rings (SSSR count). The van der Waals surface area contributed by atoms with Gasteiger partial charge in [0.1, 0.15) is 40.5 Å². The van der Waals surface area contributed by atoms with E-state index in [0.717, 1.165) is 6.07 Å². The van der Waals surface area contributed by atoms with Crippen LogP contribution in [-0.4, -0.2) is 71.3 Å². The number of carbonyl (C=O) groups is 3. The Morgan fingerprint density at radius 1 is 0.957 bits per heavy atom. The zero-order valence-electron chi connectivity index (χ0n) is 28.1. The summed E-state index contributed by atoms with van der Waals surface area (Å²) in [6.45, 7) is 13.6. The molecule has 0 aliphatic carbocycles. The molecule has 4 heterocycles. The largest absolute Gasteiger partial charge is 0.460 e. The van der Waals surface area contributed by atoms with E-state index in [0.29, 0.717) is 0 Å². The molecule has 3 atom stereocenters. The maximum atomic E-state index is 15.7. The molecule has 2 aliphatic rings. The van der Waals surface area contributed by atoms with Crippen molar-refractivity contribution >= 4 is 33.2 Å². The van der Waals surface area contributed by atoms with Gasteiger partial charge in [0.25, 0.3) is 5.92 Å². The van der Waals surface area contributed by atoms with E-state index in [2.05, 4.69) is 14.3 Å². The number of esters is 2. The molecule has 0 bridgehead atoms. The van der Waals surface area contributed by atoms with Crippen molar-refractivity contribution in [3.05, 3.63) is 58.9 Å². The molecule has 14 heteroatoms. The zero-order valence-corrected chi connectivity index (χ0v) is 28.9. The molecular formula is C33H41F3N4O6S. The molecule has 0 unspecified atom stereocenters. The molecule has 0 spiro atoms. The number of ether oxygens (including phenoxy) is 2. The van der Waals surface area contributed by atoms with Crippen LogP contribution >= 0.6 is 0 Å². The normalized spacial score (nSPS) is 25.1. The number of nitrogens with zero attached hydrogens (tertiary/aromatic N) is 4. The number of rotatable bonds is 7. The van der Waals surface area contributed by atoms with Crippen LogP contribution in [0.2, 0.25) is 0 Å². The molecule has 2 aromatic heterocycles. The third-order valence-electron chi connectivity index (χ3n) is 7.92. The quantitative estimate of drug-likeness (QED) is 0.255. The van der Waals surface area contributed by atoms with Crippen molar-refractivity contribution in [2.24, 2.45) is 9.36 Å². The fourth-order valence-corrected chi connectivity index (χ4v) is 8.90. The lowest BCUT2D eigenvalue weighted by Crippen LogP contribution is -2.61. The summed E-state index contributed by atoms with van der Waals surface area (Å²) in [4.78, 5) is 51.6. The first-order valence-corrected chi connectivity index (χ1v) is 16.7. The fraction of sp³-hybridized carbons (Fsp3) is 0.576. The van der Waals surface area contributed by atoms with Crippen LogP contribution in [0.5, 0.6) is 0 Å². The van der Waals surface area contributed by atoms with Crippen molar-refractivity contribution in [1.82, 2.24) is 9.97 Å². The predicted molar refractivity (Wildman–Crippen MR) is 170 cm³/mol. The number of hydrogen-bond donors (Lipinski definition) is 0. The van der Waals surface area contributed by atoms with Gasteiger partial charge in [-0.2, -0.15) is 0 Å². The van der Waals surface area contributed by atoms with Crippen LogP contribution in [0.15, 0.2) is 39.8 Å². The number of carbonyl (C=O) groups excluding carboxylic acids is 3. The van der Waals surface area contributed by atoms with Crippen molar-refractivity contribution in [2.45, 2.75) is 114 Å². The topological polar surface area (TPSA) is 137 Å². The summed E-state index contributed by atoms with van der Waals surface area (Å²) in [5.74, 6) is -6.08. The molecule has 0 saturated heterocycles. The average Bonchev–Trinajstić information content (AvgIpc) is 2.92. The lowest BCUT2D eigenvalue weighted by atomic mass is 9.87. The van der Waals surface area contributed by atoms with E-state index < -0.39 is 91.0 Å². The van der Waals surface area contributed by atoms with Crippen molar-refractivity contribution in [3.8, 4) is 0 Å². The van der Waals surface area contributed by atoms with Crippen molar-refractivity contribution in [1.29, 1.82) is 0 Å². The average molecular weight is 679 g/mol. The van der Waals surface area contributed by atoms with Crippen molar-refractivity contribution in [2.75, 3.05) is 6.54 Å². The highest BCUT2D eigenvalue weighted by Gasteiger charge is 2.61. The van der Waals surface area contributed by atoms with Crippen LogP contribution in [0, 0.1) is 5.82 Å². The van der Waals surface area contributed by atoms with Crippen LogP contribution in [0.1, 0.15) is 107 Å². The molecule has 0 aromatic carbocycles. The first-order valence-electron chi connectivity index (χ1n) is 15.2. The summed E-state index contributed by atoms with van der Waals surface area (Å²) in [7, 11) is -3.61. The van der Waals surface area contributed by atoms with Gasteiger partial charge >= 0.3 is 11.9 Å². The van der Waals surface area contributed by atoms with Crippen molar-refractivity contribution in [3.63, 3.8) is 0 Å². The lowest BCUT2D eigenvalue weighted by molar-refractivity contribution is -0.153. The highest BCUT2D eigenvalue weighted by atomic mass is 32.2. The van der Waals surface area contributed by atoms with Gasteiger partial charge in [-0.3, -0.25) is 24.5 Å². The highest BCUT2D eigenvalue weighted by molar-refractivity contribution is 7.96. The zero-order chi connectivity index (χ0) is 35.4. The van der Waals surface area contributed by atoms with Gasteiger partial charge in [-0.1, -0.05) is 0 Å². The van der Waals surface area contributed by atoms with Gasteiger partial charge in [-0.25, -0.2) is 26.5 Å². The Balaban J connectivity index is 1.75. The van der Waals surface area contributed by atoms with E-state index in [-0.39, 0.29) is 29.1 Å². The second kappa shape index (κ2) is 12.1. The molecule has 0 amide bonds. The number of Topliss-reactive ketones (excluding diaryl/α,β-unsaturated/α-hetero) is 1. The van der Waals surface area contributed by atoms with E-state index in [9.17, 15) is 27.4 Å². The molecule has 10 nitrogen and oxygen atoms in total. The number of ketones is 1. The summed E-state index contributed by atoms with van der Waals surface area (Å²) in [6, 6.07) is 5.06. The Bertz CT molecular complexity index is 1750. The van der Waals surface area contributed by atoms with Crippen LogP contribution in [-0.2, 0) is 36.0 Å². The standard InChI is InChI=1S/C33H41F3N4O6S/c1-29(2,3)45-26(42)15-24-31(7,8)47(44)25(16-33(35,36)18-38-47)32(9,40-24)27-21(34)12-11-20(39-27)14-23(41)22-13-10-19(17-37-22)28(43)46-30(4,5)6/h10-13,17,25H,14-16,18H2,1-9H3/t25-,32+,47-/m1/s1. The maximum absolute atomic E-state index is 15.7. The summed E-state index contributed by atoms with van der Waals surface area (Å²) in [6.07, 6.45) is -0.487. The van der Waals surface area contributed by atoms with E-state index in [4.69, 9.17) is 14.5 Å². The van der Waals surface area contributed by atoms with Gasteiger partial charge in [-0.15, -0.1) is 0 Å². The molecule has 0 radical (unpaired) electrons. The van der Waals surface area contributed by atoms with Crippen LogP contribution in [0.25, 0.3) is 0 Å². The first kappa shape index (κ1) is 36.2. The Morgan fingerprint density at radius 2 is 1.60 bits per heavy atom. The number of aromatic nitrogens is 2. The van der Waals surface area contributed by atoms with Gasteiger partial charge in [0.05, 0.1) is 38.1 Å². The number of aliphatic imine (C=N–C) groups is 1. The summed E-state index contributed by atoms with van der Waals surface area (Å²) in [5.41, 5.74) is -3.65. The fourth-order valence-electron chi connectivity index (χ4n) is 5.59. The van der Waals surface area contributed by atoms with Gasteiger partial charge in [0.15, 0.2) is 5.78 Å². The van der Waals surface area contributed by atoms with Crippen LogP contribution < -0.4 is 0 Å². The number of alkyl halides is 2. The minimum absolute atomic E-state index is 0.00187. The lowest BCUT2D eigenvalue weighted by Gasteiger charge is -2.49. The summed E-state index contributed by atoms with van der Waals surface area (Å²) >= 11 is 0. The molecule has 0 saturated carbocycles. The Morgan fingerprint density at radius 3 is 2.17 bits per heavy atom.